The summed E-state index contributed by atoms with van der Waals surface area (Å²) < 4.78 is 26.5. The van der Waals surface area contributed by atoms with Crippen LogP contribution in [0.25, 0.3) is 0 Å². The van der Waals surface area contributed by atoms with E-state index in [2.05, 4.69) is 10.6 Å². The van der Waals surface area contributed by atoms with Gasteiger partial charge in [0.1, 0.15) is 23.7 Å². The molecule has 1 aliphatic heterocycles. The summed E-state index contributed by atoms with van der Waals surface area (Å²) in [4.78, 5) is 36.2. The van der Waals surface area contributed by atoms with Gasteiger partial charge >= 0.3 is 12.0 Å². The van der Waals surface area contributed by atoms with E-state index in [0.29, 0.717) is 11.5 Å². The van der Waals surface area contributed by atoms with E-state index in [-0.39, 0.29) is 30.2 Å². The molecule has 3 rings (SSSR count). The van der Waals surface area contributed by atoms with Gasteiger partial charge in [0.25, 0.3) is 5.91 Å². The molecule has 0 spiro atoms. The summed E-state index contributed by atoms with van der Waals surface area (Å²) in [5.41, 5.74) is 0.0412. The minimum absolute atomic E-state index is 0.0412. The Bertz CT molecular complexity index is 940. The van der Waals surface area contributed by atoms with Crippen molar-refractivity contribution < 1.29 is 38.1 Å². The zero-order chi connectivity index (χ0) is 22.2. The van der Waals surface area contributed by atoms with Crippen molar-refractivity contribution in [3.05, 3.63) is 48.0 Å². The molecule has 164 valence electrons. The van der Waals surface area contributed by atoms with Gasteiger partial charge in [-0.05, 0) is 24.3 Å². The monoisotopic (exact) mass is 430 g/mol. The standard InChI is InChI=1S/C21H22N2O8/c1-27-16-8-5-9-17(28-2)19(16)20(25)30-12-18(24)23-21(26)22-10-13-11-29-14-6-3-4-7-15(14)31-13/h3-9,13H,10-12H2,1-2H3,(H2,22,23,24,26). The number of para-hydroxylation sites is 2. The van der Waals surface area contributed by atoms with Crippen molar-refractivity contribution in [3.63, 3.8) is 0 Å². The Kier molecular flexibility index (Phi) is 7.15. The number of rotatable bonds is 7. The molecular formula is C21H22N2O8. The average Bonchev–Trinajstić information content (AvgIpc) is 2.80. The number of urea groups is 1. The number of methoxy groups -OCH3 is 2. The maximum Gasteiger partial charge on any atom is 0.346 e. The van der Waals surface area contributed by atoms with Crippen LogP contribution in [0.3, 0.4) is 0 Å². The van der Waals surface area contributed by atoms with Crippen molar-refractivity contribution in [1.82, 2.24) is 10.6 Å². The molecule has 0 saturated heterocycles. The molecule has 10 heteroatoms. The molecule has 2 N–H and O–H groups in total. The van der Waals surface area contributed by atoms with Crippen LogP contribution in [-0.2, 0) is 9.53 Å². The number of amides is 3. The van der Waals surface area contributed by atoms with Crippen molar-refractivity contribution in [3.8, 4) is 23.0 Å². The number of benzene rings is 2. The van der Waals surface area contributed by atoms with Gasteiger partial charge < -0.3 is 29.0 Å². The smallest absolute Gasteiger partial charge is 0.346 e. The molecule has 0 aromatic heterocycles. The number of ether oxygens (including phenoxy) is 5. The van der Waals surface area contributed by atoms with Crippen molar-refractivity contribution in [2.75, 3.05) is 34.0 Å². The van der Waals surface area contributed by atoms with Gasteiger partial charge in [-0.3, -0.25) is 10.1 Å². The van der Waals surface area contributed by atoms with Crippen LogP contribution in [0.5, 0.6) is 23.0 Å². The lowest BCUT2D eigenvalue weighted by atomic mass is 10.2. The molecule has 0 radical (unpaired) electrons. The summed E-state index contributed by atoms with van der Waals surface area (Å²) >= 11 is 0. The summed E-state index contributed by atoms with van der Waals surface area (Å²) in [6.45, 7) is -0.293. The molecule has 2 aromatic carbocycles. The first-order chi connectivity index (χ1) is 15.0. The van der Waals surface area contributed by atoms with Gasteiger partial charge in [0.15, 0.2) is 24.2 Å². The van der Waals surface area contributed by atoms with Gasteiger partial charge in [-0.2, -0.15) is 0 Å². The number of carbonyl (C=O) groups is 3. The Morgan fingerprint density at radius 1 is 1.00 bits per heavy atom. The van der Waals surface area contributed by atoms with Crippen molar-refractivity contribution in [2.24, 2.45) is 0 Å². The zero-order valence-corrected chi connectivity index (χ0v) is 17.0. The molecule has 3 amide bonds. The van der Waals surface area contributed by atoms with Gasteiger partial charge in [0.2, 0.25) is 0 Å². The Hall–Kier alpha value is -3.95. The second kappa shape index (κ2) is 10.2. The van der Waals surface area contributed by atoms with Gasteiger partial charge in [-0.1, -0.05) is 18.2 Å². The predicted molar refractivity (Wildman–Crippen MR) is 108 cm³/mol. The fourth-order valence-electron chi connectivity index (χ4n) is 2.83. The van der Waals surface area contributed by atoms with Crippen molar-refractivity contribution in [2.45, 2.75) is 6.10 Å². The second-order valence-electron chi connectivity index (χ2n) is 6.37. The molecule has 0 saturated carbocycles. The molecule has 1 heterocycles. The van der Waals surface area contributed by atoms with E-state index in [9.17, 15) is 14.4 Å². The van der Waals surface area contributed by atoms with Crippen LogP contribution in [0.15, 0.2) is 42.5 Å². The van der Waals surface area contributed by atoms with E-state index in [4.69, 9.17) is 23.7 Å². The molecule has 2 aromatic rings. The predicted octanol–water partition coefficient (Wildman–Crippen LogP) is 1.53. The lowest BCUT2D eigenvalue weighted by Gasteiger charge is -2.26. The van der Waals surface area contributed by atoms with E-state index in [0.717, 1.165) is 0 Å². The number of hydrogen-bond acceptors (Lipinski definition) is 8. The lowest BCUT2D eigenvalue weighted by Crippen LogP contribution is -2.46. The summed E-state index contributed by atoms with van der Waals surface area (Å²) in [6, 6.07) is 11.2. The molecule has 1 aliphatic rings. The molecular weight excluding hydrogens is 408 g/mol. The molecule has 1 unspecified atom stereocenters. The van der Waals surface area contributed by atoms with Crippen LogP contribution in [-0.4, -0.2) is 58.0 Å². The Morgan fingerprint density at radius 3 is 2.35 bits per heavy atom. The van der Waals surface area contributed by atoms with Gasteiger partial charge in [0, 0.05) is 0 Å². The third-order valence-corrected chi connectivity index (χ3v) is 4.28. The number of nitrogens with one attached hydrogen (secondary N) is 2. The molecule has 0 fully saturated rings. The summed E-state index contributed by atoms with van der Waals surface area (Å²) in [7, 11) is 2.78. The number of hydrogen-bond donors (Lipinski definition) is 2. The normalized spacial score (nSPS) is 14.2. The SMILES string of the molecule is COc1cccc(OC)c1C(=O)OCC(=O)NC(=O)NCC1COc2ccccc2O1. The van der Waals surface area contributed by atoms with Crippen molar-refractivity contribution >= 4 is 17.9 Å². The first kappa shape index (κ1) is 21.8. The third-order valence-electron chi connectivity index (χ3n) is 4.28. The van der Waals surface area contributed by atoms with E-state index in [1.807, 2.05) is 12.1 Å². The lowest BCUT2D eigenvalue weighted by molar-refractivity contribution is -0.123. The Morgan fingerprint density at radius 2 is 1.68 bits per heavy atom. The van der Waals surface area contributed by atoms with E-state index in [1.54, 1.807) is 30.3 Å². The van der Waals surface area contributed by atoms with Gasteiger partial charge in [-0.25, -0.2) is 9.59 Å². The van der Waals surface area contributed by atoms with Crippen LogP contribution in [0.1, 0.15) is 10.4 Å². The van der Waals surface area contributed by atoms with Crippen LogP contribution >= 0.6 is 0 Å². The summed E-state index contributed by atoms with van der Waals surface area (Å²) in [6.07, 6.45) is -0.411. The van der Waals surface area contributed by atoms with Gasteiger partial charge in [-0.15, -0.1) is 0 Å². The first-order valence-corrected chi connectivity index (χ1v) is 9.36. The minimum Gasteiger partial charge on any atom is -0.496 e. The fraction of sp³-hybridized carbons (Fsp3) is 0.286. The highest BCUT2D eigenvalue weighted by Gasteiger charge is 2.23. The van der Waals surface area contributed by atoms with Crippen LogP contribution in [0.2, 0.25) is 0 Å². The summed E-state index contributed by atoms with van der Waals surface area (Å²) in [5, 5.41) is 4.59. The molecule has 10 nitrogen and oxygen atoms in total. The first-order valence-electron chi connectivity index (χ1n) is 9.36. The van der Waals surface area contributed by atoms with E-state index < -0.39 is 30.6 Å². The van der Waals surface area contributed by atoms with E-state index >= 15 is 0 Å². The molecule has 31 heavy (non-hydrogen) atoms. The Labute approximate surface area is 178 Å². The maximum atomic E-state index is 12.3. The number of fused-ring (bicyclic) bond motifs is 1. The van der Waals surface area contributed by atoms with Crippen LogP contribution < -0.4 is 29.6 Å². The summed E-state index contributed by atoms with van der Waals surface area (Å²) in [5.74, 6) is 0.0577. The largest absolute Gasteiger partial charge is 0.496 e. The second-order valence-corrected chi connectivity index (χ2v) is 6.37. The van der Waals surface area contributed by atoms with E-state index in [1.165, 1.54) is 14.2 Å². The van der Waals surface area contributed by atoms with Crippen molar-refractivity contribution in [1.29, 1.82) is 0 Å². The van der Waals surface area contributed by atoms with Gasteiger partial charge in [0.05, 0.1) is 20.8 Å². The number of imide groups is 1. The third kappa shape index (κ3) is 5.56. The number of carbonyl (C=O) groups excluding carboxylic acids is 3. The topological polar surface area (TPSA) is 121 Å². The number of esters is 1. The zero-order valence-electron chi connectivity index (χ0n) is 17.0. The maximum absolute atomic E-state index is 12.3. The highest BCUT2D eigenvalue weighted by atomic mass is 16.6. The fourth-order valence-corrected chi connectivity index (χ4v) is 2.83. The van der Waals surface area contributed by atoms with Crippen LogP contribution in [0.4, 0.5) is 4.79 Å². The quantitative estimate of drug-likeness (QED) is 0.635. The highest BCUT2D eigenvalue weighted by molar-refractivity contribution is 5.99. The Balaban J connectivity index is 1.44. The highest BCUT2D eigenvalue weighted by Crippen LogP contribution is 2.31. The minimum atomic E-state index is -0.823. The molecule has 0 bridgehead atoms. The molecule has 1 atom stereocenters. The average molecular weight is 430 g/mol. The van der Waals surface area contributed by atoms with Crippen LogP contribution in [0, 0.1) is 0 Å². The molecule has 0 aliphatic carbocycles.